The van der Waals surface area contributed by atoms with Crippen molar-refractivity contribution in [2.45, 2.75) is 6.42 Å². The van der Waals surface area contributed by atoms with Crippen LogP contribution in [-0.2, 0) is 6.42 Å². The van der Waals surface area contributed by atoms with Crippen LogP contribution in [-0.4, -0.2) is 34.0 Å². The third kappa shape index (κ3) is 3.58. The van der Waals surface area contributed by atoms with Gasteiger partial charge in [0.1, 0.15) is 12.1 Å². The number of hydrogen-bond donors (Lipinski definition) is 1. The molecule has 3 rings (SSSR count). The van der Waals surface area contributed by atoms with Gasteiger partial charge >= 0.3 is 6.03 Å². The zero-order valence-electron chi connectivity index (χ0n) is 11.4. The first-order valence-corrected chi connectivity index (χ1v) is 7.56. The summed E-state index contributed by atoms with van der Waals surface area (Å²) in [4.78, 5) is 21.6. The Balaban J connectivity index is 1.48. The van der Waals surface area contributed by atoms with Crippen LogP contribution in [0.2, 0.25) is 0 Å². The van der Waals surface area contributed by atoms with Crippen LogP contribution in [0.1, 0.15) is 5.56 Å². The van der Waals surface area contributed by atoms with Gasteiger partial charge in [-0.2, -0.15) is 0 Å². The molecule has 2 amide bonds. The Kier molecular flexibility index (Phi) is 4.15. The molecule has 108 valence electrons. The van der Waals surface area contributed by atoms with Gasteiger partial charge in [0.25, 0.3) is 0 Å². The summed E-state index contributed by atoms with van der Waals surface area (Å²) < 4.78 is 1.10. The SMILES string of the molecule is O=C(Nc1ccncn1)N1CC(Cc2cccc(Br)c2)C1. The lowest BCUT2D eigenvalue weighted by Gasteiger charge is -2.39. The zero-order chi connectivity index (χ0) is 14.7. The maximum atomic E-state index is 12.0. The average molecular weight is 347 g/mol. The number of halogens is 1. The number of anilines is 1. The molecule has 0 spiro atoms. The molecule has 0 aliphatic carbocycles. The summed E-state index contributed by atoms with van der Waals surface area (Å²) in [5.41, 5.74) is 1.30. The molecular weight excluding hydrogens is 332 g/mol. The Hall–Kier alpha value is -1.95. The first-order valence-electron chi connectivity index (χ1n) is 6.77. The molecule has 0 saturated carbocycles. The van der Waals surface area contributed by atoms with Crippen molar-refractivity contribution in [3.63, 3.8) is 0 Å². The van der Waals surface area contributed by atoms with E-state index in [9.17, 15) is 4.79 Å². The molecule has 1 aromatic carbocycles. The third-order valence-electron chi connectivity index (χ3n) is 3.47. The second-order valence-corrected chi connectivity index (χ2v) is 6.05. The highest BCUT2D eigenvalue weighted by Gasteiger charge is 2.30. The van der Waals surface area contributed by atoms with Crippen LogP contribution in [0.3, 0.4) is 0 Å². The van der Waals surface area contributed by atoms with Gasteiger partial charge in [-0.25, -0.2) is 14.8 Å². The first-order chi connectivity index (χ1) is 10.2. The minimum atomic E-state index is -0.0980. The minimum absolute atomic E-state index is 0.0980. The average Bonchev–Trinajstić information content (AvgIpc) is 2.43. The molecule has 2 aromatic rings. The van der Waals surface area contributed by atoms with Crippen molar-refractivity contribution in [3.8, 4) is 0 Å². The molecule has 0 bridgehead atoms. The quantitative estimate of drug-likeness (QED) is 0.929. The Labute approximate surface area is 131 Å². The zero-order valence-corrected chi connectivity index (χ0v) is 13.0. The monoisotopic (exact) mass is 346 g/mol. The molecule has 0 radical (unpaired) electrons. The number of nitrogens with zero attached hydrogens (tertiary/aromatic N) is 3. The molecule has 6 heteroatoms. The highest BCUT2D eigenvalue weighted by Crippen LogP contribution is 2.22. The molecular formula is C15H15BrN4O. The Morgan fingerprint density at radius 2 is 2.24 bits per heavy atom. The second-order valence-electron chi connectivity index (χ2n) is 5.13. The predicted molar refractivity (Wildman–Crippen MR) is 84.0 cm³/mol. The largest absolute Gasteiger partial charge is 0.324 e. The molecule has 0 atom stereocenters. The van der Waals surface area contributed by atoms with Crippen molar-refractivity contribution in [1.29, 1.82) is 0 Å². The second kappa shape index (κ2) is 6.22. The van der Waals surface area contributed by atoms with E-state index < -0.39 is 0 Å². The molecule has 5 nitrogen and oxygen atoms in total. The van der Waals surface area contributed by atoms with Crippen molar-refractivity contribution >= 4 is 27.8 Å². The van der Waals surface area contributed by atoms with Crippen LogP contribution in [0.15, 0.2) is 47.3 Å². The Morgan fingerprint density at radius 1 is 1.38 bits per heavy atom. The van der Waals surface area contributed by atoms with Crippen molar-refractivity contribution < 1.29 is 4.79 Å². The number of aromatic nitrogens is 2. The molecule has 21 heavy (non-hydrogen) atoms. The molecule has 1 fully saturated rings. The molecule has 1 aliphatic heterocycles. The van der Waals surface area contributed by atoms with Crippen LogP contribution >= 0.6 is 15.9 Å². The molecule has 0 unspecified atom stereocenters. The highest BCUT2D eigenvalue weighted by molar-refractivity contribution is 9.10. The minimum Gasteiger partial charge on any atom is -0.324 e. The first kappa shape index (κ1) is 14.0. The van der Waals surface area contributed by atoms with Crippen molar-refractivity contribution in [2.75, 3.05) is 18.4 Å². The fourth-order valence-electron chi connectivity index (χ4n) is 2.42. The predicted octanol–water partition coefficient (Wildman–Crippen LogP) is 2.95. The number of rotatable bonds is 3. The van der Waals surface area contributed by atoms with Gasteiger partial charge in [-0.3, -0.25) is 5.32 Å². The van der Waals surface area contributed by atoms with E-state index in [2.05, 4.69) is 43.3 Å². The van der Waals surface area contributed by atoms with Gasteiger partial charge in [0.15, 0.2) is 0 Å². The van der Waals surface area contributed by atoms with Crippen LogP contribution in [0, 0.1) is 5.92 Å². The van der Waals surface area contributed by atoms with E-state index in [1.54, 1.807) is 17.2 Å². The molecule has 1 aliphatic rings. The van der Waals surface area contributed by atoms with E-state index in [1.165, 1.54) is 11.9 Å². The van der Waals surface area contributed by atoms with Gasteiger partial charge in [-0.1, -0.05) is 28.1 Å². The maximum Gasteiger partial charge on any atom is 0.323 e. The third-order valence-corrected chi connectivity index (χ3v) is 3.97. The molecule has 1 N–H and O–H groups in total. The summed E-state index contributed by atoms with van der Waals surface area (Å²) in [5.74, 6) is 1.06. The van der Waals surface area contributed by atoms with Crippen molar-refractivity contribution in [3.05, 3.63) is 52.9 Å². The van der Waals surface area contributed by atoms with Gasteiger partial charge in [0.2, 0.25) is 0 Å². The van der Waals surface area contributed by atoms with Crippen LogP contribution < -0.4 is 5.32 Å². The summed E-state index contributed by atoms with van der Waals surface area (Å²) in [6.07, 6.45) is 4.02. The van der Waals surface area contributed by atoms with Crippen molar-refractivity contribution in [2.24, 2.45) is 5.92 Å². The van der Waals surface area contributed by atoms with Gasteiger partial charge in [0, 0.05) is 23.8 Å². The number of benzene rings is 1. The van der Waals surface area contributed by atoms with E-state index in [1.807, 2.05) is 12.1 Å². The van der Waals surface area contributed by atoms with Crippen molar-refractivity contribution in [1.82, 2.24) is 14.9 Å². The molecule has 1 aromatic heterocycles. The van der Waals surface area contributed by atoms with Gasteiger partial charge in [-0.15, -0.1) is 0 Å². The Bertz CT molecular complexity index is 629. The lowest BCUT2D eigenvalue weighted by Crippen LogP contribution is -2.52. The normalized spacial score (nSPS) is 14.6. The van der Waals surface area contributed by atoms with E-state index in [-0.39, 0.29) is 6.03 Å². The maximum absolute atomic E-state index is 12.0. The number of likely N-dealkylation sites (tertiary alicyclic amines) is 1. The van der Waals surface area contributed by atoms with Gasteiger partial charge < -0.3 is 4.90 Å². The number of nitrogens with one attached hydrogen (secondary N) is 1. The summed E-state index contributed by atoms with van der Waals surface area (Å²) in [7, 11) is 0. The molecule has 1 saturated heterocycles. The standard InChI is InChI=1S/C15H15BrN4O/c16-13-3-1-2-11(7-13)6-12-8-20(9-12)15(21)19-14-4-5-17-10-18-14/h1-5,7,10,12H,6,8-9H2,(H,17,18,19,21). The van der Waals surface area contributed by atoms with Crippen LogP contribution in [0.4, 0.5) is 10.6 Å². The number of hydrogen-bond acceptors (Lipinski definition) is 3. The van der Waals surface area contributed by atoms with Crippen LogP contribution in [0.25, 0.3) is 0 Å². The molecule has 2 heterocycles. The smallest absolute Gasteiger partial charge is 0.323 e. The van der Waals surface area contributed by atoms with Gasteiger partial charge in [-0.05, 0) is 36.1 Å². The number of carbonyl (C=O) groups is 1. The van der Waals surface area contributed by atoms with E-state index in [0.29, 0.717) is 11.7 Å². The van der Waals surface area contributed by atoms with Crippen LogP contribution in [0.5, 0.6) is 0 Å². The summed E-state index contributed by atoms with van der Waals surface area (Å²) >= 11 is 3.48. The number of urea groups is 1. The fourth-order valence-corrected chi connectivity index (χ4v) is 2.86. The summed E-state index contributed by atoms with van der Waals surface area (Å²) in [6, 6.07) is 9.89. The van der Waals surface area contributed by atoms with Gasteiger partial charge in [0.05, 0.1) is 0 Å². The topological polar surface area (TPSA) is 58.1 Å². The van der Waals surface area contributed by atoms with E-state index in [4.69, 9.17) is 0 Å². The lowest BCUT2D eigenvalue weighted by atomic mass is 9.92. The van der Waals surface area contributed by atoms with E-state index >= 15 is 0 Å². The summed E-state index contributed by atoms with van der Waals surface area (Å²) in [5, 5.41) is 2.77. The lowest BCUT2D eigenvalue weighted by molar-refractivity contribution is 0.131. The number of carbonyl (C=O) groups excluding carboxylic acids is 1. The highest BCUT2D eigenvalue weighted by atomic mass is 79.9. The van der Waals surface area contributed by atoms with E-state index in [0.717, 1.165) is 24.0 Å². The fraction of sp³-hybridized carbons (Fsp3) is 0.267. The summed E-state index contributed by atoms with van der Waals surface area (Å²) in [6.45, 7) is 1.56. The number of amides is 2. The Morgan fingerprint density at radius 3 is 2.95 bits per heavy atom.